The van der Waals surface area contributed by atoms with Crippen molar-refractivity contribution in [3.8, 4) is 5.75 Å². The molecule has 0 saturated heterocycles. The number of nitrogens with one attached hydrogen (secondary N) is 1. The Bertz CT molecular complexity index is 335. The highest BCUT2D eigenvalue weighted by Gasteiger charge is 2.01. The van der Waals surface area contributed by atoms with Gasteiger partial charge < -0.3 is 14.8 Å². The third-order valence-electron chi connectivity index (χ3n) is 2.43. The smallest absolute Gasteiger partial charge is 0.220 e. The number of methoxy groups -OCH3 is 2. The summed E-state index contributed by atoms with van der Waals surface area (Å²) in [6.45, 7) is 1.12. The lowest BCUT2D eigenvalue weighted by molar-refractivity contribution is -0.121. The molecule has 94 valence electrons. The quantitative estimate of drug-likeness (QED) is 0.729. The zero-order chi connectivity index (χ0) is 12.5. The van der Waals surface area contributed by atoms with E-state index in [4.69, 9.17) is 9.47 Å². The highest BCUT2D eigenvalue weighted by molar-refractivity contribution is 5.76. The first kappa shape index (κ1) is 13.5. The predicted octanol–water partition coefficient (Wildman–Crippen LogP) is 1.39. The molecule has 0 saturated carbocycles. The molecule has 1 aromatic carbocycles. The minimum Gasteiger partial charge on any atom is -0.497 e. The van der Waals surface area contributed by atoms with Crippen LogP contribution in [0.2, 0.25) is 0 Å². The van der Waals surface area contributed by atoms with Gasteiger partial charge in [0, 0.05) is 20.1 Å². The lowest BCUT2D eigenvalue weighted by Gasteiger charge is -2.05. The Kier molecular flexibility index (Phi) is 6.10. The van der Waals surface area contributed by atoms with E-state index in [1.165, 1.54) is 0 Å². The van der Waals surface area contributed by atoms with Crippen molar-refractivity contribution in [1.82, 2.24) is 5.32 Å². The van der Waals surface area contributed by atoms with E-state index >= 15 is 0 Å². The van der Waals surface area contributed by atoms with Crippen molar-refractivity contribution in [2.24, 2.45) is 0 Å². The van der Waals surface area contributed by atoms with Gasteiger partial charge in [0.2, 0.25) is 5.91 Å². The summed E-state index contributed by atoms with van der Waals surface area (Å²) < 4.78 is 9.92. The number of ether oxygens (including phenoxy) is 2. The molecule has 4 heteroatoms. The van der Waals surface area contributed by atoms with Crippen molar-refractivity contribution >= 4 is 5.91 Å². The molecule has 0 atom stereocenters. The molecule has 1 rings (SSSR count). The van der Waals surface area contributed by atoms with Crippen LogP contribution in [0.25, 0.3) is 0 Å². The summed E-state index contributed by atoms with van der Waals surface area (Å²) in [5.74, 6) is 0.885. The van der Waals surface area contributed by atoms with E-state index in [9.17, 15) is 4.79 Å². The molecular weight excluding hydrogens is 218 g/mol. The molecule has 17 heavy (non-hydrogen) atoms. The summed E-state index contributed by atoms with van der Waals surface area (Å²) in [5, 5.41) is 2.79. The summed E-state index contributed by atoms with van der Waals surface area (Å²) in [6, 6.07) is 7.75. The van der Waals surface area contributed by atoms with E-state index in [1.54, 1.807) is 14.2 Å². The maximum atomic E-state index is 11.4. The van der Waals surface area contributed by atoms with Gasteiger partial charge in [0.25, 0.3) is 0 Å². The second kappa shape index (κ2) is 7.68. The first-order chi connectivity index (χ1) is 8.26. The summed E-state index contributed by atoms with van der Waals surface area (Å²) >= 11 is 0. The van der Waals surface area contributed by atoms with Crippen LogP contribution >= 0.6 is 0 Å². The van der Waals surface area contributed by atoms with E-state index < -0.39 is 0 Å². The highest BCUT2D eigenvalue weighted by atomic mass is 16.5. The van der Waals surface area contributed by atoms with Gasteiger partial charge in [0.1, 0.15) is 5.75 Å². The summed E-state index contributed by atoms with van der Waals surface area (Å²) in [6.07, 6.45) is 1.23. The maximum absolute atomic E-state index is 11.4. The standard InChI is InChI=1S/C13H19NO3/c1-16-10-9-14-13(15)8-5-11-3-6-12(17-2)7-4-11/h3-4,6-7H,5,8-10H2,1-2H3,(H,14,15). The molecule has 0 aliphatic rings. The van der Waals surface area contributed by atoms with E-state index in [2.05, 4.69) is 5.32 Å². The first-order valence-corrected chi connectivity index (χ1v) is 5.65. The normalized spacial score (nSPS) is 10.0. The van der Waals surface area contributed by atoms with Crippen LogP contribution in [0.1, 0.15) is 12.0 Å². The van der Waals surface area contributed by atoms with Gasteiger partial charge in [-0.1, -0.05) is 12.1 Å². The average molecular weight is 237 g/mol. The van der Waals surface area contributed by atoms with Crippen molar-refractivity contribution in [1.29, 1.82) is 0 Å². The molecule has 0 bridgehead atoms. The second-order valence-corrected chi connectivity index (χ2v) is 3.69. The molecule has 1 aromatic rings. The number of hydrogen-bond donors (Lipinski definition) is 1. The number of aryl methyl sites for hydroxylation is 1. The Balaban J connectivity index is 2.27. The van der Waals surface area contributed by atoms with Crippen molar-refractivity contribution in [3.05, 3.63) is 29.8 Å². The highest BCUT2D eigenvalue weighted by Crippen LogP contribution is 2.12. The second-order valence-electron chi connectivity index (χ2n) is 3.69. The summed E-state index contributed by atoms with van der Waals surface area (Å²) in [7, 11) is 3.25. The van der Waals surface area contributed by atoms with Gasteiger partial charge in [-0.2, -0.15) is 0 Å². The van der Waals surface area contributed by atoms with Crippen molar-refractivity contribution in [2.75, 3.05) is 27.4 Å². The van der Waals surface area contributed by atoms with Gasteiger partial charge in [-0.15, -0.1) is 0 Å². The zero-order valence-corrected chi connectivity index (χ0v) is 10.4. The molecule has 0 spiro atoms. The van der Waals surface area contributed by atoms with E-state index in [-0.39, 0.29) is 5.91 Å². The van der Waals surface area contributed by atoms with Crippen LogP contribution in [-0.4, -0.2) is 33.3 Å². The van der Waals surface area contributed by atoms with Crippen LogP contribution in [0.4, 0.5) is 0 Å². The maximum Gasteiger partial charge on any atom is 0.220 e. The average Bonchev–Trinajstić information content (AvgIpc) is 2.37. The Hall–Kier alpha value is -1.55. The third kappa shape index (κ3) is 5.36. The Morgan fingerprint density at radius 3 is 2.53 bits per heavy atom. The van der Waals surface area contributed by atoms with Crippen molar-refractivity contribution in [3.63, 3.8) is 0 Å². The molecule has 0 aliphatic carbocycles. The molecule has 0 fully saturated rings. The number of carbonyl (C=O) groups is 1. The largest absolute Gasteiger partial charge is 0.497 e. The zero-order valence-electron chi connectivity index (χ0n) is 10.4. The number of amides is 1. The molecule has 1 N–H and O–H groups in total. The third-order valence-corrected chi connectivity index (χ3v) is 2.43. The molecule has 0 aliphatic heterocycles. The SMILES string of the molecule is COCCNC(=O)CCc1ccc(OC)cc1. The Morgan fingerprint density at radius 2 is 1.94 bits per heavy atom. The van der Waals surface area contributed by atoms with Gasteiger partial charge in [0.05, 0.1) is 13.7 Å². The van der Waals surface area contributed by atoms with Gasteiger partial charge in [-0.25, -0.2) is 0 Å². The fourth-order valence-corrected chi connectivity index (χ4v) is 1.43. The number of carbonyl (C=O) groups excluding carboxylic acids is 1. The lowest BCUT2D eigenvalue weighted by Crippen LogP contribution is -2.27. The Morgan fingerprint density at radius 1 is 1.24 bits per heavy atom. The fourth-order valence-electron chi connectivity index (χ4n) is 1.43. The van der Waals surface area contributed by atoms with Crippen molar-refractivity contribution in [2.45, 2.75) is 12.8 Å². The van der Waals surface area contributed by atoms with Gasteiger partial charge in [-0.3, -0.25) is 4.79 Å². The van der Waals surface area contributed by atoms with Crippen LogP contribution in [0.5, 0.6) is 5.75 Å². The minimum atomic E-state index is 0.0536. The Labute approximate surface area is 102 Å². The minimum absolute atomic E-state index is 0.0536. The van der Waals surface area contributed by atoms with Gasteiger partial charge in [0.15, 0.2) is 0 Å². The molecule has 0 heterocycles. The van der Waals surface area contributed by atoms with Gasteiger partial charge >= 0.3 is 0 Å². The molecular formula is C13H19NO3. The van der Waals surface area contributed by atoms with E-state index in [1.807, 2.05) is 24.3 Å². The van der Waals surface area contributed by atoms with E-state index in [0.717, 1.165) is 17.7 Å². The molecule has 0 aromatic heterocycles. The molecule has 0 radical (unpaired) electrons. The van der Waals surface area contributed by atoms with Crippen LogP contribution in [0.3, 0.4) is 0 Å². The topological polar surface area (TPSA) is 47.6 Å². The number of benzene rings is 1. The van der Waals surface area contributed by atoms with E-state index in [0.29, 0.717) is 19.6 Å². The molecule has 1 amide bonds. The molecule has 0 unspecified atom stereocenters. The summed E-state index contributed by atoms with van der Waals surface area (Å²) in [5.41, 5.74) is 1.13. The predicted molar refractivity (Wildman–Crippen MR) is 66.2 cm³/mol. The fraction of sp³-hybridized carbons (Fsp3) is 0.462. The van der Waals surface area contributed by atoms with Crippen LogP contribution in [0.15, 0.2) is 24.3 Å². The summed E-state index contributed by atoms with van der Waals surface area (Å²) in [4.78, 5) is 11.4. The van der Waals surface area contributed by atoms with Crippen molar-refractivity contribution < 1.29 is 14.3 Å². The van der Waals surface area contributed by atoms with Crippen LogP contribution in [0, 0.1) is 0 Å². The van der Waals surface area contributed by atoms with Crippen LogP contribution in [-0.2, 0) is 16.0 Å². The lowest BCUT2D eigenvalue weighted by atomic mass is 10.1. The molecule has 4 nitrogen and oxygen atoms in total. The number of rotatable bonds is 7. The van der Waals surface area contributed by atoms with Gasteiger partial charge in [-0.05, 0) is 24.1 Å². The monoisotopic (exact) mass is 237 g/mol. The van der Waals surface area contributed by atoms with Crippen LogP contribution < -0.4 is 10.1 Å². The first-order valence-electron chi connectivity index (χ1n) is 5.65. The number of hydrogen-bond acceptors (Lipinski definition) is 3.